The van der Waals surface area contributed by atoms with Gasteiger partial charge >= 0.3 is 0 Å². The van der Waals surface area contributed by atoms with E-state index < -0.39 is 0 Å². The maximum atomic E-state index is 6.63. The van der Waals surface area contributed by atoms with Gasteiger partial charge in [0.15, 0.2) is 5.70 Å². The lowest BCUT2D eigenvalue weighted by Crippen LogP contribution is -2.40. The SMILES string of the molecule is CCCCN(C(=C(N)SC)c1[nH+]c(-c2c(OC)cc(COC)cc2OC)cs1)C1CCOCC1. The summed E-state index contributed by atoms with van der Waals surface area (Å²) in [5.41, 5.74) is 10.5. The molecule has 1 saturated heterocycles. The second-order valence-electron chi connectivity index (χ2n) is 8.22. The number of rotatable bonds is 12. The number of thioether (sulfide) groups is 1. The zero-order chi connectivity index (χ0) is 24.5. The number of methoxy groups -OCH3 is 3. The molecule has 1 aromatic heterocycles. The number of nitrogens with zero attached hydrogens (tertiary/aromatic N) is 1. The molecule has 2 aromatic rings. The first-order valence-electron chi connectivity index (χ1n) is 11.7. The molecule has 0 atom stereocenters. The predicted octanol–water partition coefficient (Wildman–Crippen LogP) is 4.62. The monoisotopic (exact) mass is 508 g/mol. The van der Waals surface area contributed by atoms with E-state index in [2.05, 4.69) is 22.2 Å². The molecule has 3 N–H and O–H groups in total. The van der Waals surface area contributed by atoms with E-state index in [-0.39, 0.29) is 0 Å². The molecule has 0 unspecified atom stereocenters. The third-order valence-corrected chi connectivity index (χ3v) is 7.55. The Morgan fingerprint density at radius 3 is 2.44 bits per heavy atom. The van der Waals surface area contributed by atoms with Crippen molar-refractivity contribution in [3.63, 3.8) is 0 Å². The lowest BCUT2D eigenvalue weighted by molar-refractivity contribution is -0.362. The van der Waals surface area contributed by atoms with Crippen LogP contribution in [0.4, 0.5) is 0 Å². The van der Waals surface area contributed by atoms with Crippen LogP contribution in [0.1, 0.15) is 43.2 Å². The van der Waals surface area contributed by atoms with Crippen molar-refractivity contribution in [1.82, 2.24) is 4.90 Å². The molecule has 1 aromatic carbocycles. The first-order valence-corrected chi connectivity index (χ1v) is 13.8. The summed E-state index contributed by atoms with van der Waals surface area (Å²) in [7, 11) is 5.03. The molecule has 7 nitrogen and oxygen atoms in total. The van der Waals surface area contributed by atoms with Gasteiger partial charge in [0, 0.05) is 32.9 Å². The molecule has 1 aliphatic heterocycles. The lowest BCUT2D eigenvalue weighted by atomic mass is 10.1. The van der Waals surface area contributed by atoms with Gasteiger partial charge in [-0.25, -0.2) is 0 Å². The molecule has 0 aliphatic carbocycles. The first-order chi connectivity index (χ1) is 16.6. The second kappa shape index (κ2) is 13.2. The summed E-state index contributed by atoms with van der Waals surface area (Å²) in [6.07, 6.45) is 6.30. The van der Waals surface area contributed by atoms with E-state index in [0.717, 1.165) is 89.5 Å². The van der Waals surface area contributed by atoms with E-state index in [1.165, 1.54) is 0 Å². The Labute approximate surface area is 211 Å². The number of thiazole rings is 1. The summed E-state index contributed by atoms with van der Waals surface area (Å²) in [5, 5.41) is 3.97. The van der Waals surface area contributed by atoms with E-state index in [9.17, 15) is 0 Å². The van der Waals surface area contributed by atoms with Crippen molar-refractivity contribution < 1.29 is 23.9 Å². The Balaban J connectivity index is 2.06. The average molecular weight is 509 g/mol. The highest BCUT2D eigenvalue weighted by molar-refractivity contribution is 8.02. The smallest absolute Gasteiger partial charge is 0.286 e. The van der Waals surface area contributed by atoms with Crippen LogP contribution in [0.15, 0.2) is 22.5 Å². The fourth-order valence-electron chi connectivity index (χ4n) is 4.30. The largest absolute Gasteiger partial charge is 0.496 e. The topological polar surface area (TPSA) is 80.3 Å². The highest BCUT2D eigenvalue weighted by atomic mass is 32.2. The van der Waals surface area contributed by atoms with E-state index in [1.54, 1.807) is 44.4 Å². The van der Waals surface area contributed by atoms with Crippen molar-refractivity contribution in [3.05, 3.63) is 33.1 Å². The number of aromatic nitrogens is 1. The van der Waals surface area contributed by atoms with Crippen molar-refractivity contribution >= 4 is 28.8 Å². The number of hydrogen-bond acceptors (Lipinski definition) is 8. The number of nitrogens with one attached hydrogen (secondary N) is 1. The summed E-state index contributed by atoms with van der Waals surface area (Å²) in [6.45, 7) is 5.27. The summed E-state index contributed by atoms with van der Waals surface area (Å²) < 4.78 is 22.4. The zero-order valence-electron chi connectivity index (χ0n) is 20.9. The van der Waals surface area contributed by atoms with Crippen LogP contribution in [-0.4, -0.2) is 58.3 Å². The lowest BCUT2D eigenvalue weighted by Gasteiger charge is -2.36. The van der Waals surface area contributed by atoms with Crippen molar-refractivity contribution in [1.29, 1.82) is 0 Å². The number of unbranched alkanes of at least 4 members (excludes halogenated alkanes) is 1. The molecule has 9 heteroatoms. The first kappa shape index (κ1) is 26.7. The van der Waals surface area contributed by atoms with Gasteiger partial charge in [-0.1, -0.05) is 24.7 Å². The number of benzene rings is 1. The molecule has 3 rings (SSSR count). The molecular formula is C25H38N3O4S2+. The molecular weight excluding hydrogens is 470 g/mol. The molecule has 188 valence electrons. The van der Waals surface area contributed by atoms with Gasteiger partial charge in [-0.2, -0.15) is 4.98 Å². The van der Waals surface area contributed by atoms with Gasteiger partial charge in [-0.05, 0) is 43.2 Å². The van der Waals surface area contributed by atoms with Gasteiger partial charge < -0.3 is 29.6 Å². The summed E-state index contributed by atoms with van der Waals surface area (Å²) in [6, 6.07) is 4.40. The van der Waals surface area contributed by atoms with Gasteiger partial charge in [0.2, 0.25) is 5.69 Å². The molecule has 0 spiro atoms. The fourth-order valence-corrected chi connectivity index (χ4v) is 5.70. The van der Waals surface area contributed by atoms with Crippen molar-refractivity contribution in [2.24, 2.45) is 5.73 Å². The summed E-state index contributed by atoms with van der Waals surface area (Å²) >= 11 is 3.25. The van der Waals surface area contributed by atoms with Crippen molar-refractivity contribution in [2.75, 3.05) is 47.3 Å². The number of nitrogens with two attached hydrogens (primary N) is 1. The Bertz CT molecular complexity index is 932. The standard InChI is InChI=1S/C25H37N3O4S2/c1-6-7-10-28(18-8-11-32-12-9-18)23(24(26)33-5)25-27-19(16-34-25)22-20(30-3)13-17(15-29-2)14-21(22)31-4/h13-14,16,18H,6-12,15,26H2,1-5H3/p+1. The minimum absolute atomic E-state index is 0.414. The van der Waals surface area contributed by atoms with Crippen LogP contribution in [0, 0.1) is 0 Å². The van der Waals surface area contributed by atoms with Crippen LogP contribution < -0.4 is 20.2 Å². The Morgan fingerprint density at radius 1 is 1.21 bits per heavy atom. The number of ether oxygens (including phenoxy) is 4. The molecule has 2 heterocycles. The molecule has 0 amide bonds. The maximum Gasteiger partial charge on any atom is 0.286 e. The second-order valence-corrected chi connectivity index (χ2v) is 9.95. The van der Waals surface area contributed by atoms with Gasteiger partial charge in [-0.15, -0.1) is 11.8 Å². The van der Waals surface area contributed by atoms with Crippen molar-refractivity contribution in [3.8, 4) is 22.8 Å². The molecule has 0 saturated carbocycles. The Morgan fingerprint density at radius 2 is 1.88 bits per heavy atom. The van der Waals surface area contributed by atoms with Crippen LogP contribution in [0.25, 0.3) is 17.0 Å². The van der Waals surface area contributed by atoms with Crippen LogP contribution in [-0.2, 0) is 16.1 Å². The van der Waals surface area contributed by atoms with Crippen LogP contribution in [0.5, 0.6) is 11.5 Å². The fraction of sp³-hybridized carbons (Fsp3) is 0.560. The van der Waals surface area contributed by atoms with E-state index >= 15 is 0 Å². The molecule has 0 bridgehead atoms. The van der Waals surface area contributed by atoms with E-state index in [0.29, 0.717) is 12.6 Å². The highest BCUT2D eigenvalue weighted by Gasteiger charge is 2.31. The van der Waals surface area contributed by atoms with Gasteiger partial charge in [0.25, 0.3) is 5.01 Å². The molecule has 1 fully saturated rings. The molecule has 0 radical (unpaired) electrons. The third kappa shape index (κ3) is 6.19. The number of aromatic amines is 1. The predicted molar refractivity (Wildman–Crippen MR) is 140 cm³/mol. The highest BCUT2D eigenvalue weighted by Crippen LogP contribution is 2.40. The zero-order valence-corrected chi connectivity index (χ0v) is 22.6. The average Bonchev–Trinajstić information content (AvgIpc) is 3.35. The van der Waals surface area contributed by atoms with Gasteiger partial charge in [0.1, 0.15) is 17.1 Å². The third-order valence-electron chi connectivity index (χ3n) is 6.03. The van der Waals surface area contributed by atoms with Gasteiger partial charge in [-0.3, -0.25) is 0 Å². The van der Waals surface area contributed by atoms with Crippen LogP contribution in [0.2, 0.25) is 0 Å². The molecule has 34 heavy (non-hydrogen) atoms. The van der Waals surface area contributed by atoms with Crippen LogP contribution >= 0.6 is 23.1 Å². The Kier molecular flexibility index (Phi) is 10.4. The maximum absolute atomic E-state index is 6.63. The minimum atomic E-state index is 0.414. The van der Waals surface area contributed by atoms with E-state index in [4.69, 9.17) is 24.7 Å². The quantitative estimate of drug-likeness (QED) is 0.448. The Hall–Kier alpha value is -1.94. The van der Waals surface area contributed by atoms with E-state index in [1.807, 2.05) is 18.4 Å². The number of H-pyrrole nitrogens is 1. The normalized spacial score (nSPS) is 15.2. The minimum Gasteiger partial charge on any atom is -0.496 e. The summed E-state index contributed by atoms with van der Waals surface area (Å²) in [5.74, 6) is 1.48. The van der Waals surface area contributed by atoms with Crippen molar-refractivity contribution in [2.45, 2.75) is 45.3 Å². The van der Waals surface area contributed by atoms with Gasteiger partial charge in [0.05, 0.1) is 31.2 Å². The number of hydrogen-bond donors (Lipinski definition) is 1. The van der Waals surface area contributed by atoms with Crippen LogP contribution in [0.3, 0.4) is 0 Å². The summed E-state index contributed by atoms with van der Waals surface area (Å²) in [4.78, 5) is 6.14. The molecule has 1 aliphatic rings.